The summed E-state index contributed by atoms with van der Waals surface area (Å²) in [6.07, 6.45) is 5.38. The van der Waals surface area contributed by atoms with Crippen molar-refractivity contribution < 1.29 is 13.2 Å². The van der Waals surface area contributed by atoms with E-state index >= 15 is 0 Å². The predicted molar refractivity (Wildman–Crippen MR) is 88.4 cm³/mol. The number of carbonyl (C=O) groups excluding carboxylic acids is 1. The zero-order chi connectivity index (χ0) is 16.9. The van der Waals surface area contributed by atoms with Crippen molar-refractivity contribution in [2.45, 2.75) is 39.7 Å². The van der Waals surface area contributed by atoms with E-state index in [4.69, 9.17) is 0 Å². The number of aromatic nitrogens is 2. The average molecular weight is 342 g/mol. The molecule has 1 saturated heterocycles. The molecule has 7 nitrogen and oxygen atoms in total. The molecule has 1 aromatic heterocycles. The second-order valence-electron chi connectivity index (χ2n) is 5.98. The maximum absolute atomic E-state index is 12.3. The zero-order valence-corrected chi connectivity index (χ0v) is 14.8. The molecule has 8 heteroatoms. The SMILES string of the molecule is CCCS(=O)(=O)N1CCCN(C(=O)CCn2cc(C)cn2)CC1. The van der Waals surface area contributed by atoms with Crippen molar-refractivity contribution in [2.75, 3.05) is 31.9 Å². The lowest BCUT2D eigenvalue weighted by Crippen LogP contribution is -2.38. The van der Waals surface area contributed by atoms with Crippen molar-refractivity contribution in [3.05, 3.63) is 18.0 Å². The quantitative estimate of drug-likeness (QED) is 0.768. The molecular weight excluding hydrogens is 316 g/mol. The van der Waals surface area contributed by atoms with Gasteiger partial charge < -0.3 is 4.90 Å². The van der Waals surface area contributed by atoms with Crippen LogP contribution in [0.4, 0.5) is 0 Å². The molecule has 1 aliphatic heterocycles. The van der Waals surface area contributed by atoms with Crippen LogP contribution >= 0.6 is 0 Å². The lowest BCUT2D eigenvalue weighted by Gasteiger charge is -2.22. The van der Waals surface area contributed by atoms with Gasteiger partial charge in [0.15, 0.2) is 0 Å². The fraction of sp³-hybridized carbons (Fsp3) is 0.733. The van der Waals surface area contributed by atoms with E-state index in [9.17, 15) is 13.2 Å². The Bertz CT molecular complexity index is 626. The molecule has 0 unspecified atom stereocenters. The Hall–Kier alpha value is -1.41. The molecule has 2 rings (SSSR count). The largest absolute Gasteiger partial charge is 0.341 e. The highest BCUT2D eigenvalue weighted by Crippen LogP contribution is 2.11. The highest BCUT2D eigenvalue weighted by atomic mass is 32.2. The first kappa shape index (κ1) is 17.9. The normalized spacial score (nSPS) is 17.2. The van der Waals surface area contributed by atoms with Crippen molar-refractivity contribution in [3.8, 4) is 0 Å². The molecule has 1 fully saturated rings. The van der Waals surface area contributed by atoms with Crippen molar-refractivity contribution in [3.63, 3.8) is 0 Å². The van der Waals surface area contributed by atoms with Crippen molar-refractivity contribution in [2.24, 2.45) is 0 Å². The molecule has 130 valence electrons. The highest BCUT2D eigenvalue weighted by Gasteiger charge is 2.25. The van der Waals surface area contributed by atoms with Gasteiger partial charge in [-0.2, -0.15) is 5.10 Å². The van der Waals surface area contributed by atoms with Crippen LogP contribution < -0.4 is 0 Å². The summed E-state index contributed by atoms with van der Waals surface area (Å²) < 4.78 is 27.6. The van der Waals surface area contributed by atoms with E-state index in [1.165, 1.54) is 4.31 Å². The summed E-state index contributed by atoms with van der Waals surface area (Å²) in [7, 11) is -3.18. The first-order chi connectivity index (χ1) is 10.9. The van der Waals surface area contributed by atoms with Gasteiger partial charge in [0.2, 0.25) is 15.9 Å². The Morgan fingerprint density at radius 3 is 2.70 bits per heavy atom. The Labute approximate surface area is 138 Å². The highest BCUT2D eigenvalue weighted by molar-refractivity contribution is 7.89. The predicted octanol–water partition coefficient (Wildman–Crippen LogP) is 0.856. The van der Waals surface area contributed by atoms with E-state index in [0.29, 0.717) is 52.0 Å². The fourth-order valence-corrected chi connectivity index (χ4v) is 4.31. The molecule has 1 amide bonds. The molecular formula is C15H26N4O3S. The molecule has 1 aromatic rings. The van der Waals surface area contributed by atoms with Crippen LogP contribution in [0.15, 0.2) is 12.4 Å². The summed E-state index contributed by atoms with van der Waals surface area (Å²) >= 11 is 0. The summed E-state index contributed by atoms with van der Waals surface area (Å²) in [4.78, 5) is 14.1. The molecule has 0 bridgehead atoms. The Balaban J connectivity index is 1.86. The Kier molecular flexibility index (Phi) is 6.17. The Morgan fingerprint density at radius 2 is 2.04 bits per heavy atom. The van der Waals surface area contributed by atoms with Gasteiger partial charge in [-0.25, -0.2) is 12.7 Å². The lowest BCUT2D eigenvalue weighted by atomic mass is 10.3. The van der Waals surface area contributed by atoms with Gasteiger partial charge in [-0.15, -0.1) is 0 Å². The number of aryl methyl sites for hydroxylation is 2. The molecule has 0 saturated carbocycles. The number of carbonyl (C=O) groups is 1. The number of hydrogen-bond acceptors (Lipinski definition) is 4. The van der Waals surface area contributed by atoms with E-state index in [-0.39, 0.29) is 11.7 Å². The van der Waals surface area contributed by atoms with E-state index < -0.39 is 10.0 Å². The summed E-state index contributed by atoms with van der Waals surface area (Å²) in [6.45, 7) is 6.38. The molecule has 0 aliphatic carbocycles. The molecule has 0 radical (unpaired) electrons. The van der Waals surface area contributed by atoms with Crippen LogP contribution in [-0.2, 0) is 21.4 Å². The molecule has 1 aliphatic rings. The third kappa shape index (κ3) is 5.04. The first-order valence-corrected chi connectivity index (χ1v) is 9.78. The van der Waals surface area contributed by atoms with Gasteiger partial charge in [0.25, 0.3) is 0 Å². The maximum atomic E-state index is 12.3. The molecule has 0 N–H and O–H groups in total. The van der Waals surface area contributed by atoms with Crippen LogP contribution in [0.3, 0.4) is 0 Å². The van der Waals surface area contributed by atoms with Crippen molar-refractivity contribution in [1.82, 2.24) is 19.0 Å². The molecule has 23 heavy (non-hydrogen) atoms. The lowest BCUT2D eigenvalue weighted by molar-refractivity contribution is -0.131. The monoisotopic (exact) mass is 342 g/mol. The number of sulfonamides is 1. The third-order valence-corrected chi connectivity index (χ3v) is 6.06. The van der Waals surface area contributed by atoms with Gasteiger partial charge in [-0.1, -0.05) is 6.92 Å². The summed E-state index contributed by atoms with van der Waals surface area (Å²) in [6, 6.07) is 0. The molecule has 2 heterocycles. The maximum Gasteiger partial charge on any atom is 0.224 e. The topological polar surface area (TPSA) is 75.5 Å². The average Bonchev–Trinajstić information content (AvgIpc) is 2.75. The van der Waals surface area contributed by atoms with Crippen LogP contribution in [0.1, 0.15) is 31.7 Å². The third-order valence-electron chi connectivity index (χ3n) is 3.98. The molecule has 0 aromatic carbocycles. The van der Waals surface area contributed by atoms with Crippen LogP contribution in [0.5, 0.6) is 0 Å². The first-order valence-electron chi connectivity index (χ1n) is 8.17. The minimum absolute atomic E-state index is 0.0629. The zero-order valence-electron chi connectivity index (χ0n) is 13.9. The number of rotatable bonds is 6. The van der Waals surface area contributed by atoms with Crippen LogP contribution in [-0.4, -0.2) is 65.2 Å². The number of hydrogen-bond donors (Lipinski definition) is 0. The summed E-state index contributed by atoms with van der Waals surface area (Å²) in [5.41, 5.74) is 1.07. The summed E-state index contributed by atoms with van der Waals surface area (Å²) in [5, 5.41) is 4.17. The minimum atomic E-state index is -3.18. The van der Waals surface area contributed by atoms with E-state index in [0.717, 1.165) is 5.56 Å². The van der Waals surface area contributed by atoms with Crippen molar-refractivity contribution in [1.29, 1.82) is 0 Å². The Morgan fingerprint density at radius 1 is 1.26 bits per heavy atom. The fourth-order valence-electron chi connectivity index (χ4n) is 2.77. The van der Waals surface area contributed by atoms with Gasteiger partial charge in [-0.05, 0) is 25.3 Å². The second-order valence-corrected chi connectivity index (χ2v) is 8.07. The van der Waals surface area contributed by atoms with E-state index in [2.05, 4.69) is 5.10 Å². The standard InChI is InChI=1S/C15H26N4O3S/c1-3-11-23(21,22)19-7-4-6-17(9-10-19)15(20)5-8-18-13-14(2)12-16-18/h12-13H,3-11H2,1-2H3. The van der Waals surface area contributed by atoms with Crippen LogP contribution in [0.25, 0.3) is 0 Å². The number of nitrogens with zero attached hydrogens (tertiary/aromatic N) is 4. The van der Waals surface area contributed by atoms with Crippen molar-refractivity contribution >= 4 is 15.9 Å². The summed E-state index contributed by atoms with van der Waals surface area (Å²) in [5.74, 6) is 0.243. The van der Waals surface area contributed by atoms with Gasteiger partial charge in [0, 0.05) is 45.3 Å². The van der Waals surface area contributed by atoms with Gasteiger partial charge in [-0.3, -0.25) is 9.48 Å². The smallest absolute Gasteiger partial charge is 0.224 e. The van der Waals surface area contributed by atoms with E-state index in [1.807, 2.05) is 20.0 Å². The molecule has 0 spiro atoms. The minimum Gasteiger partial charge on any atom is -0.341 e. The van der Waals surface area contributed by atoms with Gasteiger partial charge >= 0.3 is 0 Å². The van der Waals surface area contributed by atoms with E-state index in [1.54, 1.807) is 15.8 Å². The second kappa shape index (κ2) is 7.92. The number of amides is 1. The molecule has 0 atom stereocenters. The van der Waals surface area contributed by atoms with Gasteiger partial charge in [0.05, 0.1) is 11.9 Å². The van der Waals surface area contributed by atoms with Crippen LogP contribution in [0, 0.1) is 6.92 Å². The van der Waals surface area contributed by atoms with Gasteiger partial charge in [0.1, 0.15) is 0 Å². The van der Waals surface area contributed by atoms with Crippen LogP contribution in [0.2, 0.25) is 0 Å².